The highest BCUT2D eigenvalue weighted by atomic mass is 32.2. The SMILES string of the molecule is O=C(NCc1cc(N2CCC(C(F)(F)F)CC2)c(C(F)(F)F)cn1)[C@@H]1C[C@@H](F)CN1S(=O)(=O)c1ccc(F)cc1. The Hall–Kier alpha value is -3.01. The van der Waals surface area contributed by atoms with Crippen LogP contribution in [0.3, 0.4) is 0 Å². The maximum Gasteiger partial charge on any atom is 0.419 e. The van der Waals surface area contributed by atoms with Crippen LogP contribution in [0, 0.1) is 11.7 Å². The Labute approximate surface area is 224 Å². The number of halogens is 8. The number of pyridine rings is 1. The molecule has 2 aromatic rings. The fraction of sp³-hybridized carbons (Fsp3) is 0.500. The van der Waals surface area contributed by atoms with Gasteiger partial charge in [-0.2, -0.15) is 30.6 Å². The first-order chi connectivity index (χ1) is 18.6. The van der Waals surface area contributed by atoms with Crippen molar-refractivity contribution in [2.24, 2.45) is 5.92 Å². The van der Waals surface area contributed by atoms with Crippen LogP contribution in [0.25, 0.3) is 0 Å². The van der Waals surface area contributed by atoms with Crippen molar-refractivity contribution in [2.75, 3.05) is 24.5 Å². The number of carbonyl (C=O) groups excluding carboxylic acids is 1. The number of nitrogens with one attached hydrogen (secondary N) is 1. The lowest BCUT2D eigenvalue weighted by Crippen LogP contribution is -2.45. The van der Waals surface area contributed by atoms with Gasteiger partial charge in [-0.15, -0.1) is 0 Å². The van der Waals surface area contributed by atoms with Gasteiger partial charge in [0.25, 0.3) is 0 Å². The Bertz CT molecular complexity index is 1330. The zero-order valence-electron chi connectivity index (χ0n) is 20.6. The number of nitrogens with zero attached hydrogens (tertiary/aromatic N) is 3. The summed E-state index contributed by atoms with van der Waals surface area (Å²) in [6.07, 6.45) is -11.7. The minimum absolute atomic E-state index is 0.0722. The third kappa shape index (κ3) is 6.48. The van der Waals surface area contributed by atoms with Crippen LogP contribution in [-0.4, -0.2) is 61.6 Å². The fourth-order valence-electron chi connectivity index (χ4n) is 4.81. The summed E-state index contributed by atoms with van der Waals surface area (Å²) in [5.74, 6) is -3.26. The van der Waals surface area contributed by atoms with Gasteiger partial charge >= 0.3 is 12.4 Å². The molecule has 0 bridgehead atoms. The van der Waals surface area contributed by atoms with E-state index in [-0.39, 0.29) is 36.5 Å². The zero-order valence-corrected chi connectivity index (χ0v) is 21.5. The maximum absolute atomic E-state index is 14.2. The van der Waals surface area contributed by atoms with Gasteiger partial charge in [-0.25, -0.2) is 17.2 Å². The molecule has 3 heterocycles. The van der Waals surface area contributed by atoms with E-state index in [1.54, 1.807) is 0 Å². The number of hydrogen-bond donors (Lipinski definition) is 1. The van der Waals surface area contributed by atoms with Crippen molar-refractivity contribution in [3.8, 4) is 0 Å². The van der Waals surface area contributed by atoms with Crippen LogP contribution in [0.2, 0.25) is 0 Å². The first kappa shape index (κ1) is 30.0. The normalized spacial score (nSPS) is 21.6. The molecular formula is C24H24F8N4O3S. The van der Waals surface area contributed by atoms with Crippen molar-refractivity contribution in [3.05, 3.63) is 53.6 Å². The average Bonchev–Trinajstić information content (AvgIpc) is 3.29. The molecule has 4 rings (SSSR count). The molecule has 16 heteroatoms. The molecule has 220 valence electrons. The largest absolute Gasteiger partial charge is 0.419 e. The lowest BCUT2D eigenvalue weighted by Gasteiger charge is -2.35. The van der Waals surface area contributed by atoms with E-state index in [0.29, 0.717) is 10.5 Å². The summed E-state index contributed by atoms with van der Waals surface area (Å²) in [7, 11) is -4.39. The molecular weight excluding hydrogens is 576 g/mol. The predicted molar refractivity (Wildman–Crippen MR) is 126 cm³/mol. The van der Waals surface area contributed by atoms with E-state index >= 15 is 0 Å². The molecule has 1 aromatic carbocycles. The first-order valence-electron chi connectivity index (χ1n) is 12.1. The summed E-state index contributed by atoms with van der Waals surface area (Å²) in [6, 6.07) is 3.25. The number of piperidine rings is 1. The van der Waals surface area contributed by atoms with Crippen LogP contribution in [0.5, 0.6) is 0 Å². The van der Waals surface area contributed by atoms with Gasteiger partial charge in [0.1, 0.15) is 18.0 Å². The molecule has 2 fully saturated rings. The summed E-state index contributed by atoms with van der Waals surface area (Å²) in [5.41, 5.74) is -1.62. The van der Waals surface area contributed by atoms with Gasteiger partial charge in [0, 0.05) is 32.3 Å². The van der Waals surface area contributed by atoms with Gasteiger partial charge in [-0.3, -0.25) is 9.78 Å². The fourth-order valence-corrected chi connectivity index (χ4v) is 6.43. The molecule has 2 aliphatic rings. The molecule has 0 spiro atoms. The highest BCUT2D eigenvalue weighted by molar-refractivity contribution is 7.89. The monoisotopic (exact) mass is 600 g/mol. The van der Waals surface area contributed by atoms with Gasteiger partial charge in [-0.05, 0) is 43.2 Å². The summed E-state index contributed by atoms with van der Waals surface area (Å²) >= 11 is 0. The first-order valence-corrected chi connectivity index (χ1v) is 13.6. The highest BCUT2D eigenvalue weighted by Crippen LogP contribution is 2.40. The van der Waals surface area contributed by atoms with E-state index in [4.69, 9.17) is 0 Å². The van der Waals surface area contributed by atoms with E-state index in [9.17, 15) is 48.3 Å². The zero-order chi connectivity index (χ0) is 29.5. The average molecular weight is 601 g/mol. The molecule has 2 saturated heterocycles. The third-order valence-electron chi connectivity index (χ3n) is 6.91. The molecule has 2 atom stereocenters. The van der Waals surface area contributed by atoms with Crippen LogP contribution < -0.4 is 10.2 Å². The Balaban J connectivity index is 1.50. The van der Waals surface area contributed by atoms with Gasteiger partial charge in [0.05, 0.1) is 34.3 Å². The molecule has 0 aliphatic carbocycles. The molecule has 1 aromatic heterocycles. The quantitative estimate of drug-likeness (QED) is 0.497. The Morgan fingerprint density at radius 2 is 1.68 bits per heavy atom. The summed E-state index contributed by atoms with van der Waals surface area (Å²) < 4.78 is 134. The Morgan fingerprint density at radius 3 is 2.25 bits per heavy atom. The minimum Gasteiger partial charge on any atom is -0.371 e. The number of carbonyl (C=O) groups is 1. The van der Waals surface area contributed by atoms with Crippen molar-refractivity contribution < 1.29 is 48.3 Å². The molecule has 7 nitrogen and oxygen atoms in total. The summed E-state index contributed by atoms with van der Waals surface area (Å²) in [5, 5.41) is 2.36. The highest BCUT2D eigenvalue weighted by Gasteiger charge is 2.45. The van der Waals surface area contributed by atoms with E-state index in [1.807, 2.05) is 0 Å². The van der Waals surface area contributed by atoms with Crippen LogP contribution in [0.15, 0.2) is 41.4 Å². The van der Waals surface area contributed by atoms with Crippen LogP contribution in [-0.2, 0) is 27.5 Å². The number of aromatic nitrogens is 1. The molecule has 0 unspecified atom stereocenters. The lowest BCUT2D eigenvalue weighted by atomic mass is 9.95. The van der Waals surface area contributed by atoms with Crippen LogP contribution in [0.4, 0.5) is 40.8 Å². The summed E-state index contributed by atoms with van der Waals surface area (Å²) in [4.78, 5) is 17.4. The Morgan fingerprint density at radius 1 is 1.05 bits per heavy atom. The van der Waals surface area contributed by atoms with Crippen molar-refractivity contribution in [1.82, 2.24) is 14.6 Å². The second-order valence-corrected chi connectivity index (χ2v) is 11.5. The topological polar surface area (TPSA) is 82.6 Å². The number of hydrogen-bond acceptors (Lipinski definition) is 5. The second kappa shape index (κ2) is 11.1. The van der Waals surface area contributed by atoms with E-state index in [1.165, 1.54) is 4.90 Å². The maximum atomic E-state index is 14.2. The summed E-state index contributed by atoms with van der Waals surface area (Å²) in [6.45, 7) is -1.65. The van der Waals surface area contributed by atoms with Crippen LogP contribution >= 0.6 is 0 Å². The smallest absolute Gasteiger partial charge is 0.371 e. The van der Waals surface area contributed by atoms with Gasteiger partial charge in [-0.1, -0.05) is 0 Å². The third-order valence-corrected chi connectivity index (χ3v) is 8.80. The predicted octanol–water partition coefficient (Wildman–Crippen LogP) is 4.44. The van der Waals surface area contributed by atoms with Crippen LogP contribution in [0.1, 0.15) is 30.5 Å². The van der Waals surface area contributed by atoms with Crippen molar-refractivity contribution in [2.45, 2.75) is 55.3 Å². The van der Waals surface area contributed by atoms with Gasteiger partial charge in [0.15, 0.2) is 0 Å². The number of sulfonamides is 1. The Kier molecular flexibility index (Phi) is 8.32. The number of benzene rings is 1. The number of rotatable bonds is 6. The van der Waals surface area contributed by atoms with Crippen molar-refractivity contribution in [3.63, 3.8) is 0 Å². The van der Waals surface area contributed by atoms with Crippen molar-refractivity contribution >= 4 is 21.6 Å². The number of anilines is 1. The second-order valence-electron chi connectivity index (χ2n) is 9.59. The minimum atomic E-state index is -4.85. The molecule has 0 saturated carbocycles. The van der Waals surface area contributed by atoms with Gasteiger partial charge in [0.2, 0.25) is 15.9 Å². The van der Waals surface area contributed by atoms with E-state index in [2.05, 4.69) is 10.3 Å². The van der Waals surface area contributed by atoms with E-state index < -0.39 is 83.0 Å². The molecule has 40 heavy (non-hydrogen) atoms. The molecule has 0 radical (unpaired) electrons. The van der Waals surface area contributed by atoms with E-state index in [0.717, 1.165) is 30.3 Å². The molecule has 1 amide bonds. The number of amides is 1. The standard InChI is InChI=1S/C24H24F8N4O3S/c25-15-1-3-18(4-2-15)40(38,39)36-13-16(26)9-21(36)22(37)34-11-17-10-20(19(12-33-17)24(30,31)32)35-7-5-14(6-8-35)23(27,28)29/h1-4,10,12,14,16,21H,5-9,11,13H2,(H,34,37)/t16-,21+/m1/s1. The lowest BCUT2D eigenvalue weighted by molar-refractivity contribution is -0.179. The van der Waals surface area contributed by atoms with Gasteiger partial charge < -0.3 is 10.2 Å². The van der Waals surface area contributed by atoms with Crippen molar-refractivity contribution in [1.29, 1.82) is 0 Å². The molecule has 2 aliphatic heterocycles. The molecule has 1 N–H and O–H groups in total. The number of alkyl halides is 7.